The van der Waals surface area contributed by atoms with Crippen LogP contribution in [0.15, 0.2) is 65.1 Å². The van der Waals surface area contributed by atoms with E-state index < -0.39 is 0 Å². The van der Waals surface area contributed by atoms with E-state index in [0.717, 1.165) is 10.9 Å². The molecule has 1 atom stereocenters. The summed E-state index contributed by atoms with van der Waals surface area (Å²) in [7, 11) is 0. The summed E-state index contributed by atoms with van der Waals surface area (Å²) in [5, 5.41) is 2.55. The van der Waals surface area contributed by atoms with Crippen molar-refractivity contribution in [2.45, 2.75) is 18.2 Å². The van der Waals surface area contributed by atoms with Gasteiger partial charge in [0.25, 0.3) is 0 Å². The van der Waals surface area contributed by atoms with Crippen LogP contribution in [0.25, 0.3) is 10.8 Å². The third-order valence-electron chi connectivity index (χ3n) is 3.89. The molecule has 0 fully saturated rings. The summed E-state index contributed by atoms with van der Waals surface area (Å²) in [6, 6.07) is 21.5. The van der Waals surface area contributed by atoms with Crippen LogP contribution in [0.5, 0.6) is 0 Å². The van der Waals surface area contributed by atoms with E-state index in [1.807, 2.05) is 0 Å². The molecule has 21 heavy (non-hydrogen) atoms. The normalized spacial score (nSPS) is 12.5. The van der Waals surface area contributed by atoms with Crippen molar-refractivity contribution in [2.75, 3.05) is 0 Å². The Morgan fingerprint density at radius 2 is 1.48 bits per heavy atom. The Morgan fingerprint density at radius 1 is 0.810 bits per heavy atom. The molecule has 0 radical (unpaired) electrons. The summed E-state index contributed by atoms with van der Waals surface area (Å²) in [5.41, 5.74) is 4.06. The van der Waals surface area contributed by atoms with Crippen LogP contribution >= 0.6 is 31.9 Å². The fraction of sp³-hybridized carbons (Fsp3) is 0.158. The lowest BCUT2D eigenvalue weighted by atomic mass is 9.95. The quantitative estimate of drug-likeness (QED) is 0.429. The Labute approximate surface area is 142 Å². The first-order valence-corrected chi connectivity index (χ1v) is 8.82. The summed E-state index contributed by atoms with van der Waals surface area (Å²) < 4.78 is 1.14. The SMILES string of the molecule is CCc1ccccc1C(Br)c1ccc(Br)c2ccccc12. The maximum Gasteiger partial charge on any atom is 0.0653 e. The molecule has 0 aliphatic heterocycles. The van der Waals surface area contributed by atoms with Crippen LogP contribution < -0.4 is 0 Å². The lowest BCUT2D eigenvalue weighted by Crippen LogP contribution is -1.99. The van der Waals surface area contributed by atoms with Gasteiger partial charge in [0.2, 0.25) is 0 Å². The van der Waals surface area contributed by atoms with E-state index in [4.69, 9.17) is 0 Å². The third-order valence-corrected chi connectivity index (χ3v) is 5.56. The van der Waals surface area contributed by atoms with Crippen molar-refractivity contribution in [2.24, 2.45) is 0 Å². The second-order valence-electron chi connectivity index (χ2n) is 5.10. The molecule has 2 heteroatoms. The maximum atomic E-state index is 3.92. The average Bonchev–Trinajstić information content (AvgIpc) is 2.55. The van der Waals surface area contributed by atoms with Crippen molar-refractivity contribution < 1.29 is 0 Å². The highest BCUT2D eigenvalue weighted by Gasteiger charge is 2.16. The van der Waals surface area contributed by atoms with Crippen molar-refractivity contribution in [3.8, 4) is 0 Å². The number of benzene rings is 3. The summed E-state index contributed by atoms with van der Waals surface area (Å²) in [4.78, 5) is 0.214. The lowest BCUT2D eigenvalue weighted by Gasteiger charge is -2.17. The molecule has 0 heterocycles. The number of rotatable bonds is 3. The first kappa shape index (κ1) is 14.8. The summed E-state index contributed by atoms with van der Waals surface area (Å²) >= 11 is 7.57. The van der Waals surface area contributed by atoms with Crippen molar-refractivity contribution in [1.29, 1.82) is 0 Å². The number of fused-ring (bicyclic) bond motifs is 1. The van der Waals surface area contributed by atoms with Gasteiger partial charge in [-0.3, -0.25) is 0 Å². The molecular weight excluding hydrogens is 388 g/mol. The fourth-order valence-electron chi connectivity index (χ4n) is 2.78. The van der Waals surface area contributed by atoms with Gasteiger partial charge in [-0.15, -0.1) is 0 Å². The van der Waals surface area contributed by atoms with Gasteiger partial charge in [-0.1, -0.05) is 93.4 Å². The van der Waals surface area contributed by atoms with E-state index in [1.54, 1.807) is 0 Å². The third kappa shape index (κ3) is 2.79. The zero-order valence-electron chi connectivity index (χ0n) is 11.8. The van der Waals surface area contributed by atoms with Crippen molar-refractivity contribution in [3.05, 3.63) is 81.8 Å². The van der Waals surface area contributed by atoms with Crippen molar-refractivity contribution >= 4 is 42.6 Å². The van der Waals surface area contributed by atoms with Gasteiger partial charge >= 0.3 is 0 Å². The zero-order chi connectivity index (χ0) is 14.8. The molecule has 3 aromatic carbocycles. The van der Waals surface area contributed by atoms with Crippen LogP contribution in [0.3, 0.4) is 0 Å². The number of alkyl halides is 1. The Bertz CT molecular complexity index is 777. The van der Waals surface area contributed by atoms with Gasteiger partial charge in [0, 0.05) is 4.47 Å². The number of aryl methyl sites for hydroxylation is 1. The first-order valence-electron chi connectivity index (χ1n) is 7.11. The van der Waals surface area contributed by atoms with Crippen LogP contribution in [-0.4, -0.2) is 0 Å². The highest BCUT2D eigenvalue weighted by Crippen LogP contribution is 2.38. The minimum atomic E-state index is 0.214. The van der Waals surface area contributed by atoms with E-state index >= 15 is 0 Å². The molecule has 0 bridgehead atoms. The maximum absolute atomic E-state index is 3.92. The Hall–Kier alpha value is -1.12. The molecule has 0 spiro atoms. The Kier molecular flexibility index (Phi) is 4.46. The minimum Gasteiger partial charge on any atom is -0.0786 e. The highest BCUT2D eigenvalue weighted by atomic mass is 79.9. The molecule has 0 saturated carbocycles. The van der Waals surface area contributed by atoms with Gasteiger partial charge in [-0.25, -0.2) is 0 Å². The second-order valence-corrected chi connectivity index (χ2v) is 6.87. The molecule has 0 amide bonds. The smallest absolute Gasteiger partial charge is 0.0653 e. The van der Waals surface area contributed by atoms with E-state index in [2.05, 4.69) is 99.4 Å². The van der Waals surface area contributed by atoms with Crippen LogP contribution in [0.1, 0.15) is 28.4 Å². The number of hydrogen-bond acceptors (Lipinski definition) is 0. The molecule has 0 aliphatic rings. The van der Waals surface area contributed by atoms with Crippen LogP contribution in [0.2, 0.25) is 0 Å². The average molecular weight is 404 g/mol. The van der Waals surface area contributed by atoms with Gasteiger partial charge in [-0.2, -0.15) is 0 Å². The van der Waals surface area contributed by atoms with E-state index in [0.29, 0.717) is 0 Å². The molecule has 0 aliphatic carbocycles. The predicted molar refractivity (Wildman–Crippen MR) is 98.2 cm³/mol. The van der Waals surface area contributed by atoms with Gasteiger partial charge in [-0.05, 0) is 39.9 Å². The molecular formula is C19H16Br2. The van der Waals surface area contributed by atoms with Crippen LogP contribution in [-0.2, 0) is 6.42 Å². The van der Waals surface area contributed by atoms with E-state index in [9.17, 15) is 0 Å². The molecule has 0 N–H and O–H groups in total. The number of hydrogen-bond donors (Lipinski definition) is 0. The standard InChI is InChI=1S/C19H16Br2/c1-2-13-7-3-4-8-14(13)19(21)17-11-12-18(20)16-10-6-5-9-15(16)17/h3-12,19H,2H2,1H3. The van der Waals surface area contributed by atoms with E-state index in [1.165, 1.54) is 27.5 Å². The zero-order valence-corrected chi connectivity index (χ0v) is 15.0. The second kappa shape index (κ2) is 6.33. The molecule has 0 nitrogen and oxygen atoms in total. The van der Waals surface area contributed by atoms with Crippen molar-refractivity contribution in [1.82, 2.24) is 0 Å². The molecule has 0 saturated heterocycles. The molecule has 3 aromatic rings. The van der Waals surface area contributed by atoms with Crippen LogP contribution in [0.4, 0.5) is 0 Å². The Balaban J connectivity index is 2.18. The van der Waals surface area contributed by atoms with Gasteiger partial charge in [0.15, 0.2) is 0 Å². The molecule has 106 valence electrons. The lowest BCUT2D eigenvalue weighted by molar-refractivity contribution is 1.06. The van der Waals surface area contributed by atoms with Crippen molar-refractivity contribution in [3.63, 3.8) is 0 Å². The predicted octanol–water partition coefficient (Wildman–Crippen LogP) is 6.65. The topological polar surface area (TPSA) is 0 Å². The summed E-state index contributed by atoms with van der Waals surface area (Å²) in [6.45, 7) is 2.21. The first-order chi connectivity index (χ1) is 10.2. The Morgan fingerprint density at radius 3 is 2.24 bits per heavy atom. The van der Waals surface area contributed by atoms with Gasteiger partial charge in [0.05, 0.1) is 4.83 Å². The van der Waals surface area contributed by atoms with E-state index in [-0.39, 0.29) is 4.83 Å². The molecule has 3 rings (SSSR count). The molecule has 0 aromatic heterocycles. The molecule has 1 unspecified atom stereocenters. The minimum absolute atomic E-state index is 0.214. The fourth-order valence-corrected chi connectivity index (χ4v) is 4.10. The van der Waals surface area contributed by atoms with Crippen LogP contribution in [0, 0.1) is 0 Å². The number of halogens is 2. The largest absolute Gasteiger partial charge is 0.0786 e. The highest BCUT2D eigenvalue weighted by molar-refractivity contribution is 9.10. The monoisotopic (exact) mass is 402 g/mol. The van der Waals surface area contributed by atoms with Gasteiger partial charge < -0.3 is 0 Å². The summed E-state index contributed by atoms with van der Waals surface area (Å²) in [5.74, 6) is 0. The summed E-state index contributed by atoms with van der Waals surface area (Å²) in [6.07, 6.45) is 1.05. The van der Waals surface area contributed by atoms with Gasteiger partial charge in [0.1, 0.15) is 0 Å².